The summed E-state index contributed by atoms with van der Waals surface area (Å²) in [5.74, 6) is -2.13. The zero-order valence-electron chi connectivity index (χ0n) is 18.1. The topological polar surface area (TPSA) is 117 Å². The Bertz CT molecular complexity index is 684. The lowest BCUT2D eigenvalue weighted by atomic mass is 9.78. The molecule has 0 unspecified atom stereocenters. The van der Waals surface area contributed by atoms with Crippen molar-refractivity contribution in [3.05, 3.63) is 0 Å². The number of amides is 6. The Balaban J connectivity index is 1.83. The first-order chi connectivity index (χ1) is 14.9. The first-order valence-corrected chi connectivity index (χ1v) is 10.7. The van der Waals surface area contributed by atoms with E-state index in [0.717, 1.165) is 9.80 Å². The summed E-state index contributed by atoms with van der Waals surface area (Å²) in [7, 11) is 0. The summed E-state index contributed by atoms with van der Waals surface area (Å²) in [6.07, 6.45) is 0.331. The standard InChI is InChI=1S/C20H30N4O7/c1-3-20(4-2)17(27)23(13-15(25)21-5-9-30-10-6-21)19(29)24(18(20)28)14-16(26)22-7-11-31-12-8-22/h3-14H2,1-2H3. The molecule has 0 radical (unpaired) electrons. The van der Waals surface area contributed by atoms with Gasteiger partial charge in [0.15, 0.2) is 0 Å². The summed E-state index contributed by atoms with van der Waals surface area (Å²) in [5, 5.41) is 0. The van der Waals surface area contributed by atoms with Crippen LogP contribution in [0.15, 0.2) is 0 Å². The van der Waals surface area contributed by atoms with Gasteiger partial charge in [-0.2, -0.15) is 0 Å². The van der Waals surface area contributed by atoms with Crippen molar-refractivity contribution < 1.29 is 33.4 Å². The Morgan fingerprint density at radius 3 is 1.42 bits per heavy atom. The summed E-state index contributed by atoms with van der Waals surface area (Å²) in [5.41, 5.74) is -1.47. The van der Waals surface area contributed by atoms with Crippen LogP contribution in [-0.4, -0.2) is 115 Å². The van der Waals surface area contributed by atoms with Crippen molar-refractivity contribution in [2.75, 3.05) is 65.7 Å². The summed E-state index contributed by atoms with van der Waals surface area (Å²) < 4.78 is 10.5. The van der Waals surface area contributed by atoms with Gasteiger partial charge in [-0.25, -0.2) is 4.79 Å². The lowest BCUT2D eigenvalue weighted by Crippen LogP contribution is -2.67. The van der Waals surface area contributed by atoms with Gasteiger partial charge in [0.25, 0.3) is 0 Å². The van der Waals surface area contributed by atoms with Crippen LogP contribution in [0.1, 0.15) is 26.7 Å². The molecule has 11 heteroatoms. The Morgan fingerprint density at radius 2 is 1.10 bits per heavy atom. The third-order valence-electron chi connectivity index (χ3n) is 6.29. The fourth-order valence-electron chi connectivity index (χ4n) is 4.16. The van der Waals surface area contributed by atoms with Crippen LogP contribution >= 0.6 is 0 Å². The maximum absolute atomic E-state index is 13.2. The van der Waals surface area contributed by atoms with E-state index in [-0.39, 0.29) is 24.7 Å². The molecule has 0 aromatic rings. The SMILES string of the molecule is CCC1(CC)C(=O)N(CC(=O)N2CCOCC2)C(=O)N(CC(=O)N2CCOCC2)C1=O. The second kappa shape index (κ2) is 9.73. The van der Waals surface area contributed by atoms with Crippen molar-refractivity contribution in [2.45, 2.75) is 26.7 Å². The largest absolute Gasteiger partial charge is 0.378 e. The molecule has 3 fully saturated rings. The Kier molecular flexibility index (Phi) is 7.26. The Hall–Kier alpha value is -2.53. The minimum absolute atomic E-state index is 0.166. The number of carbonyl (C=O) groups is 5. The van der Waals surface area contributed by atoms with Crippen LogP contribution < -0.4 is 0 Å². The molecule has 0 aromatic carbocycles. The third-order valence-corrected chi connectivity index (χ3v) is 6.29. The molecular weight excluding hydrogens is 408 g/mol. The van der Waals surface area contributed by atoms with E-state index in [1.54, 1.807) is 13.8 Å². The van der Waals surface area contributed by atoms with Gasteiger partial charge >= 0.3 is 6.03 Å². The van der Waals surface area contributed by atoms with Gasteiger partial charge < -0.3 is 19.3 Å². The minimum atomic E-state index is -1.47. The van der Waals surface area contributed by atoms with Gasteiger partial charge in [0.2, 0.25) is 23.6 Å². The highest BCUT2D eigenvalue weighted by Crippen LogP contribution is 2.36. The summed E-state index contributed by atoms with van der Waals surface area (Å²) >= 11 is 0. The number of nitrogens with zero attached hydrogens (tertiary/aromatic N) is 4. The average Bonchev–Trinajstić information content (AvgIpc) is 2.81. The van der Waals surface area contributed by atoms with Gasteiger partial charge in [0.1, 0.15) is 18.5 Å². The second-order valence-corrected chi connectivity index (χ2v) is 7.84. The first-order valence-electron chi connectivity index (χ1n) is 10.7. The van der Waals surface area contributed by atoms with Gasteiger partial charge in [0.05, 0.1) is 26.4 Å². The number of imide groups is 2. The van der Waals surface area contributed by atoms with E-state index in [1.807, 2.05) is 0 Å². The lowest BCUT2D eigenvalue weighted by molar-refractivity contribution is -0.163. The molecule has 3 aliphatic heterocycles. The van der Waals surface area contributed by atoms with E-state index < -0.39 is 36.3 Å². The molecule has 0 aliphatic carbocycles. The van der Waals surface area contributed by atoms with Crippen LogP contribution in [0.3, 0.4) is 0 Å². The molecule has 0 aromatic heterocycles. The molecule has 0 spiro atoms. The van der Waals surface area contributed by atoms with E-state index in [2.05, 4.69) is 0 Å². The van der Waals surface area contributed by atoms with Crippen molar-refractivity contribution in [3.8, 4) is 0 Å². The van der Waals surface area contributed by atoms with Crippen LogP contribution in [0.2, 0.25) is 0 Å². The quantitative estimate of drug-likeness (QED) is 0.504. The van der Waals surface area contributed by atoms with E-state index in [0.29, 0.717) is 52.6 Å². The molecule has 0 N–H and O–H groups in total. The summed E-state index contributed by atoms with van der Waals surface area (Å²) in [6.45, 7) is 5.52. The van der Waals surface area contributed by atoms with Crippen LogP contribution in [0.4, 0.5) is 4.79 Å². The number of hydrogen-bond acceptors (Lipinski definition) is 7. The molecule has 3 aliphatic rings. The van der Waals surface area contributed by atoms with Gasteiger partial charge in [-0.05, 0) is 12.8 Å². The highest BCUT2D eigenvalue weighted by atomic mass is 16.5. The number of hydrogen-bond donors (Lipinski definition) is 0. The molecule has 172 valence electrons. The third kappa shape index (κ3) is 4.42. The predicted octanol–water partition coefficient (Wildman–Crippen LogP) is -0.699. The van der Waals surface area contributed by atoms with Crippen molar-refractivity contribution in [1.29, 1.82) is 0 Å². The molecule has 3 saturated heterocycles. The molecule has 6 amide bonds. The molecule has 3 heterocycles. The van der Waals surface area contributed by atoms with Gasteiger partial charge in [-0.1, -0.05) is 13.8 Å². The normalized spacial score (nSPS) is 22.2. The van der Waals surface area contributed by atoms with E-state index in [1.165, 1.54) is 9.80 Å². The lowest BCUT2D eigenvalue weighted by Gasteiger charge is -2.43. The van der Waals surface area contributed by atoms with Crippen molar-refractivity contribution >= 4 is 29.7 Å². The Morgan fingerprint density at radius 1 is 0.742 bits per heavy atom. The minimum Gasteiger partial charge on any atom is -0.378 e. The Labute approximate surface area is 181 Å². The monoisotopic (exact) mass is 438 g/mol. The van der Waals surface area contributed by atoms with Crippen molar-refractivity contribution in [2.24, 2.45) is 5.41 Å². The number of morpholine rings is 2. The number of ether oxygens (including phenoxy) is 2. The van der Waals surface area contributed by atoms with Gasteiger partial charge in [0, 0.05) is 26.2 Å². The number of rotatable bonds is 6. The van der Waals surface area contributed by atoms with Crippen molar-refractivity contribution in [1.82, 2.24) is 19.6 Å². The van der Waals surface area contributed by atoms with Crippen LogP contribution in [0.5, 0.6) is 0 Å². The first kappa shape index (κ1) is 23.1. The van der Waals surface area contributed by atoms with Gasteiger partial charge in [-0.3, -0.25) is 29.0 Å². The molecule has 11 nitrogen and oxygen atoms in total. The number of barbiturate groups is 1. The highest BCUT2D eigenvalue weighted by Gasteiger charge is 2.56. The van der Waals surface area contributed by atoms with Crippen LogP contribution in [0.25, 0.3) is 0 Å². The highest BCUT2D eigenvalue weighted by molar-refractivity contribution is 6.20. The van der Waals surface area contributed by atoms with E-state index in [9.17, 15) is 24.0 Å². The molecule has 0 atom stereocenters. The smallest absolute Gasteiger partial charge is 0.334 e. The summed E-state index contributed by atoms with van der Waals surface area (Å²) in [6, 6.07) is -0.921. The fourth-order valence-corrected chi connectivity index (χ4v) is 4.16. The molecule has 31 heavy (non-hydrogen) atoms. The predicted molar refractivity (Wildman–Crippen MR) is 107 cm³/mol. The summed E-state index contributed by atoms with van der Waals surface area (Å²) in [4.78, 5) is 69.8. The van der Waals surface area contributed by atoms with E-state index >= 15 is 0 Å². The van der Waals surface area contributed by atoms with Crippen LogP contribution in [-0.2, 0) is 28.7 Å². The maximum Gasteiger partial charge on any atom is 0.334 e. The number of carbonyl (C=O) groups excluding carboxylic acids is 5. The molecule has 0 bridgehead atoms. The molecule has 0 saturated carbocycles. The van der Waals surface area contributed by atoms with E-state index in [4.69, 9.17) is 9.47 Å². The fraction of sp³-hybridized carbons (Fsp3) is 0.750. The molecular formula is C20H30N4O7. The van der Waals surface area contributed by atoms with Crippen molar-refractivity contribution in [3.63, 3.8) is 0 Å². The average molecular weight is 438 g/mol. The van der Waals surface area contributed by atoms with Gasteiger partial charge in [-0.15, -0.1) is 0 Å². The second-order valence-electron chi connectivity index (χ2n) is 7.84. The molecule has 3 rings (SSSR count). The zero-order valence-corrected chi connectivity index (χ0v) is 18.1. The number of urea groups is 1. The zero-order chi connectivity index (χ0) is 22.6. The maximum atomic E-state index is 13.2. The van der Waals surface area contributed by atoms with Crippen LogP contribution in [0, 0.1) is 5.41 Å².